The quantitative estimate of drug-likeness (QED) is 0.749. The Labute approximate surface area is 80.8 Å². The number of pyridine rings is 1. The van der Waals surface area contributed by atoms with Crippen molar-refractivity contribution >= 4 is 5.97 Å². The SMILES string of the molecule is O=C(O)c1ccco1.c1ccncc1. The lowest BCUT2D eigenvalue weighted by Gasteiger charge is -1.79. The molecule has 0 aliphatic heterocycles. The smallest absolute Gasteiger partial charge is 0.371 e. The molecule has 0 atom stereocenters. The Hall–Kier alpha value is -2.10. The fourth-order valence-electron chi connectivity index (χ4n) is 0.713. The number of rotatable bonds is 1. The van der Waals surface area contributed by atoms with Crippen molar-refractivity contribution in [3.05, 3.63) is 54.7 Å². The lowest BCUT2D eigenvalue weighted by Crippen LogP contribution is -1.90. The first-order valence-electron chi connectivity index (χ1n) is 3.92. The van der Waals surface area contributed by atoms with Gasteiger partial charge in [0.2, 0.25) is 5.76 Å². The lowest BCUT2D eigenvalue weighted by molar-refractivity contribution is 0.0662. The average Bonchev–Trinajstić information content (AvgIpc) is 2.74. The van der Waals surface area contributed by atoms with Crippen LogP contribution in [0.15, 0.2) is 53.4 Å². The summed E-state index contributed by atoms with van der Waals surface area (Å²) < 4.78 is 4.50. The molecule has 4 nitrogen and oxygen atoms in total. The fourth-order valence-corrected chi connectivity index (χ4v) is 0.713. The Bertz CT molecular complexity index is 329. The summed E-state index contributed by atoms with van der Waals surface area (Å²) in [4.78, 5) is 13.8. The third kappa shape index (κ3) is 3.53. The summed E-state index contributed by atoms with van der Waals surface area (Å²) in [5.74, 6) is -1.06. The minimum absolute atomic E-state index is 0.0231. The number of nitrogens with zero attached hydrogens (tertiary/aromatic N) is 1. The fraction of sp³-hybridized carbons (Fsp3) is 0. The normalized spacial score (nSPS) is 8.57. The summed E-state index contributed by atoms with van der Waals surface area (Å²) in [6, 6.07) is 8.64. The van der Waals surface area contributed by atoms with E-state index in [0.717, 1.165) is 0 Å². The predicted octanol–water partition coefficient (Wildman–Crippen LogP) is 2.06. The van der Waals surface area contributed by atoms with Crippen LogP contribution in [0.2, 0.25) is 0 Å². The summed E-state index contributed by atoms with van der Waals surface area (Å²) in [5.41, 5.74) is 0. The minimum atomic E-state index is -1.03. The van der Waals surface area contributed by atoms with Crippen molar-refractivity contribution in [2.45, 2.75) is 0 Å². The molecule has 1 N–H and O–H groups in total. The van der Waals surface area contributed by atoms with E-state index in [9.17, 15) is 4.79 Å². The molecule has 14 heavy (non-hydrogen) atoms. The van der Waals surface area contributed by atoms with Crippen molar-refractivity contribution in [3.63, 3.8) is 0 Å². The molecule has 0 bridgehead atoms. The molecular formula is C10H9NO3. The van der Waals surface area contributed by atoms with Gasteiger partial charge in [0.05, 0.1) is 6.26 Å². The average molecular weight is 191 g/mol. The summed E-state index contributed by atoms with van der Waals surface area (Å²) in [7, 11) is 0. The standard InChI is InChI=1S/C5H5N.C5H4O3/c1-2-4-6-5-3-1;6-5(7)4-2-1-3-8-4/h1-5H;1-3H,(H,6,7). The molecule has 2 rings (SSSR count). The van der Waals surface area contributed by atoms with Crippen molar-refractivity contribution in [3.8, 4) is 0 Å². The van der Waals surface area contributed by atoms with E-state index >= 15 is 0 Å². The van der Waals surface area contributed by atoms with Crippen molar-refractivity contribution in [1.82, 2.24) is 4.98 Å². The number of aromatic carboxylic acids is 1. The summed E-state index contributed by atoms with van der Waals surface area (Å²) in [6.45, 7) is 0. The Morgan fingerprint density at radius 3 is 2.14 bits per heavy atom. The van der Waals surface area contributed by atoms with Gasteiger partial charge in [0.25, 0.3) is 0 Å². The molecule has 0 saturated heterocycles. The molecule has 0 spiro atoms. The highest BCUT2D eigenvalue weighted by molar-refractivity contribution is 5.84. The Morgan fingerprint density at radius 1 is 1.21 bits per heavy atom. The van der Waals surface area contributed by atoms with Crippen LogP contribution in [0.4, 0.5) is 0 Å². The second kappa shape index (κ2) is 5.53. The van der Waals surface area contributed by atoms with E-state index < -0.39 is 5.97 Å². The summed E-state index contributed by atoms with van der Waals surface area (Å²) >= 11 is 0. The number of carbonyl (C=O) groups is 1. The van der Waals surface area contributed by atoms with E-state index in [-0.39, 0.29) is 5.76 Å². The third-order valence-electron chi connectivity index (χ3n) is 1.30. The van der Waals surface area contributed by atoms with Crippen LogP contribution < -0.4 is 0 Å². The molecule has 2 aromatic heterocycles. The Kier molecular flexibility index (Phi) is 3.94. The van der Waals surface area contributed by atoms with Gasteiger partial charge in [0.1, 0.15) is 0 Å². The number of hydrogen-bond donors (Lipinski definition) is 1. The van der Waals surface area contributed by atoms with Gasteiger partial charge in [-0.05, 0) is 24.3 Å². The molecule has 72 valence electrons. The predicted molar refractivity (Wildman–Crippen MR) is 49.9 cm³/mol. The van der Waals surface area contributed by atoms with Crippen LogP contribution in [0, 0.1) is 0 Å². The zero-order valence-electron chi connectivity index (χ0n) is 7.33. The highest BCUT2D eigenvalue weighted by Gasteiger charge is 2.01. The molecule has 4 heteroatoms. The summed E-state index contributed by atoms with van der Waals surface area (Å²) in [5, 5.41) is 8.18. The van der Waals surface area contributed by atoms with Gasteiger partial charge < -0.3 is 9.52 Å². The van der Waals surface area contributed by atoms with Gasteiger partial charge in [-0.1, -0.05) is 6.07 Å². The van der Waals surface area contributed by atoms with E-state index in [1.807, 2.05) is 18.2 Å². The van der Waals surface area contributed by atoms with Gasteiger partial charge in [-0.3, -0.25) is 4.98 Å². The maximum atomic E-state index is 9.97. The second-order valence-corrected chi connectivity index (χ2v) is 2.31. The molecule has 0 unspecified atom stereocenters. The lowest BCUT2D eigenvalue weighted by atomic mass is 10.5. The molecule has 2 aromatic rings. The first-order valence-corrected chi connectivity index (χ1v) is 3.92. The second-order valence-electron chi connectivity index (χ2n) is 2.31. The van der Waals surface area contributed by atoms with Gasteiger partial charge in [0.15, 0.2) is 0 Å². The highest BCUT2D eigenvalue weighted by Crippen LogP contribution is 1.97. The van der Waals surface area contributed by atoms with Gasteiger partial charge in [0, 0.05) is 12.4 Å². The Morgan fingerprint density at radius 2 is 1.93 bits per heavy atom. The van der Waals surface area contributed by atoms with E-state index in [1.165, 1.54) is 18.4 Å². The van der Waals surface area contributed by atoms with Crippen molar-refractivity contribution in [1.29, 1.82) is 0 Å². The molecule has 0 saturated carbocycles. The highest BCUT2D eigenvalue weighted by atomic mass is 16.4. The zero-order chi connectivity index (χ0) is 10.2. The van der Waals surface area contributed by atoms with E-state index in [4.69, 9.17) is 5.11 Å². The maximum Gasteiger partial charge on any atom is 0.371 e. The topological polar surface area (TPSA) is 63.3 Å². The molecule has 0 aliphatic rings. The number of furan rings is 1. The maximum absolute atomic E-state index is 9.97. The molecule has 0 aliphatic carbocycles. The van der Waals surface area contributed by atoms with Crippen LogP contribution in [-0.4, -0.2) is 16.1 Å². The molecular weight excluding hydrogens is 182 g/mol. The number of carboxylic acids is 1. The van der Waals surface area contributed by atoms with Crippen LogP contribution in [-0.2, 0) is 0 Å². The van der Waals surface area contributed by atoms with Crippen molar-refractivity contribution in [2.75, 3.05) is 0 Å². The molecule has 0 radical (unpaired) electrons. The third-order valence-corrected chi connectivity index (χ3v) is 1.30. The number of carboxylic acid groups (broad SMARTS) is 1. The van der Waals surface area contributed by atoms with E-state index in [0.29, 0.717) is 0 Å². The molecule has 2 heterocycles. The van der Waals surface area contributed by atoms with Gasteiger partial charge in [-0.2, -0.15) is 0 Å². The van der Waals surface area contributed by atoms with E-state index in [2.05, 4.69) is 9.40 Å². The number of aromatic nitrogens is 1. The van der Waals surface area contributed by atoms with Crippen LogP contribution in [0.5, 0.6) is 0 Å². The first kappa shape index (κ1) is 9.98. The molecule has 0 aromatic carbocycles. The largest absolute Gasteiger partial charge is 0.475 e. The van der Waals surface area contributed by atoms with E-state index in [1.54, 1.807) is 12.4 Å². The summed E-state index contributed by atoms with van der Waals surface area (Å²) in [6.07, 6.45) is 4.82. The Balaban J connectivity index is 0.000000146. The minimum Gasteiger partial charge on any atom is -0.475 e. The first-order chi connectivity index (χ1) is 6.80. The van der Waals surface area contributed by atoms with Gasteiger partial charge in [-0.25, -0.2) is 4.79 Å². The monoisotopic (exact) mass is 191 g/mol. The van der Waals surface area contributed by atoms with Crippen molar-refractivity contribution in [2.24, 2.45) is 0 Å². The number of hydrogen-bond acceptors (Lipinski definition) is 3. The van der Waals surface area contributed by atoms with Crippen LogP contribution in [0.25, 0.3) is 0 Å². The van der Waals surface area contributed by atoms with Crippen molar-refractivity contribution < 1.29 is 14.3 Å². The van der Waals surface area contributed by atoms with Crippen LogP contribution in [0.1, 0.15) is 10.6 Å². The molecule has 0 amide bonds. The zero-order valence-corrected chi connectivity index (χ0v) is 7.33. The van der Waals surface area contributed by atoms with Crippen LogP contribution >= 0.6 is 0 Å². The van der Waals surface area contributed by atoms with Gasteiger partial charge >= 0.3 is 5.97 Å². The molecule has 0 fully saturated rings. The van der Waals surface area contributed by atoms with Crippen LogP contribution in [0.3, 0.4) is 0 Å². The van der Waals surface area contributed by atoms with Gasteiger partial charge in [-0.15, -0.1) is 0 Å².